The van der Waals surface area contributed by atoms with E-state index in [-0.39, 0.29) is 12.3 Å². The van der Waals surface area contributed by atoms with E-state index < -0.39 is 5.97 Å². The summed E-state index contributed by atoms with van der Waals surface area (Å²) in [5.74, 6) is -0.438. The third-order valence-corrected chi connectivity index (χ3v) is 0.583. The summed E-state index contributed by atoms with van der Waals surface area (Å²) in [7, 11) is 1.00. The molecule has 0 aromatic heterocycles. The third kappa shape index (κ3) is 18.6. The summed E-state index contributed by atoms with van der Waals surface area (Å²) >= 11 is 0. The van der Waals surface area contributed by atoms with Gasteiger partial charge in [-0.05, 0) is 5.92 Å². The predicted molar refractivity (Wildman–Crippen MR) is 35.2 cm³/mol. The van der Waals surface area contributed by atoms with E-state index in [0.717, 1.165) is 7.11 Å². The zero-order chi connectivity index (χ0) is 7.86. The molecule has 9 heavy (non-hydrogen) atoms. The first-order valence-electron chi connectivity index (χ1n) is 2.79. The number of carboxylic acid groups (broad SMARTS) is 1. The SMILES string of the molecule is CC(C)CC(=O)O.CO. The van der Waals surface area contributed by atoms with E-state index in [2.05, 4.69) is 0 Å². The van der Waals surface area contributed by atoms with E-state index in [1.165, 1.54) is 0 Å². The second-order valence-corrected chi connectivity index (χ2v) is 1.99. The molecular formula is C6H14O3. The van der Waals surface area contributed by atoms with Gasteiger partial charge in [-0.1, -0.05) is 13.8 Å². The molecule has 0 saturated heterocycles. The van der Waals surface area contributed by atoms with E-state index in [4.69, 9.17) is 10.2 Å². The lowest BCUT2D eigenvalue weighted by Crippen LogP contribution is -1.99. The van der Waals surface area contributed by atoms with Gasteiger partial charge in [0.2, 0.25) is 0 Å². The van der Waals surface area contributed by atoms with Crippen LogP contribution in [-0.4, -0.2) is 23.3 Å². The zero-order valence-electron chi connectivity index (χ0n) is 6.09. The summed E-state index contributed by atoms with van der Waals surface area (Å²) in [6.07, 6.45) is 0.278. The van der Waals surface area contributed by atoms with E-state index in [9.17, 15) is 4.79 Å². The quantitative estimate of drug-likeness (QED) is 0.585. The van der Waals surface area contributed by atoms with Crippen molar-refractivity contribution >= 4 is 5.97 Å². The van der Waals surface area contributed by atoms with Crippen LogP contribution in [-0.2, 0) is 4.79 Å². The first kappa shape index (κ1) is 11.3. The molecule has 2 N–H and O–H groups in total. The summed E-state index contributed by atoms with van der Waals surface area (Å²) in [5, 5.41) is 15.1. The molecule has 0 heterocycles. The van der Waals surface area contributed by atoms with Crippen molar-refractivity contribution in [2.75, 3.05) is 7.11 Å². The summed E-state index contributed by atoms with van der Waals surface area (Å²) in [6, 6.07) is 0. The molecule has 3 nitrogen and oxygen atoms in total. The van der Waals surface area contributed by atoms with Gasteiger partial charge in [-0.25, -0.2) is 0 Å². The molecule has 0 aliphatic heterocycles. The Kier molecular flexibility index (Phi) is 9.29. The van der Waals surface area contributed by atoms with E-state index >= 15 is 0 Å². The Morgan fingerprint density at radius 1 is 1.44 bits per heavy atom. The maximum absolute atomic E-state index is 9.81. The Bertz CT molecular complexity index is 68.7. The van der Waals surface area contributed by atoms with Crippen molar-refractivity contribution in [1.82, 2.24) is 0 Å². The minimum atomic E-state index is -0.713. The normalized spacial score (nSPS) is 8.11. The number of carbonyl (C=O) groups is 1. The van der Waals surface area contributed by atoms with Crippen molar-refractivity contribution in [1.29, 1.82) is 0 Å². The van der Waals surface area contributed by atoms with Crippen molar-refractivity contribution in [2.45, 2.75) is 20.3 Å². The molecule has 0 aromatic carbocycles. The monoisotopic (exact) mass is 134 g/mol. The second kappa shape index (κ2) is 7.43. The van der Waals surface area contributed by atoms with Crippen molar-refractivity contribution in [3.63, 3.8) is 0 Å². The lowest BCUT2D eigenvalue weighted by atomic mass is 10.1. The Labute approximate surface area is 55.3 Å². The van der Waals surface area contributed by atoms with Gasteiger partial charge < -0.3 is 10.2 Å². The predicted octanol–water partition coefficient (Wildman–Crippen LogP) is 0.726. The van der Waals surface area contributed by atoms with Crippen LogP contribution in [0.2, 0.25) is 0 Å². The fraction of sp³-hybridized carbons (Fsp3) is 0.833. The smallest absolute Gasteiger partial charge is 0.303 e. The fourth-order valence-electron chi connectivity index (χ4n) is 0.349. The minimum Gasteiger partial charge on any atom is -0.481 e. The van der Waals surface area contributed by atoms with Gasteiger partial charge in [-0.3, -0.25) is 4.79 Å². The number of hydrogen-bond donors (Lipinski definition) is 2. The molecule has 0 aliphatic carbocycles. The van der Waals surface area contributed by atoms with Crippen LogP contribution in [0.4, 0.5) is 0 Å². The number of aliphatic hydroxyl groups excluding tert-OH is 1. The van der Waals surface area contributed by atoms with Crippen LogP contribution in [0.3, 0.4) is 0 Å². The zero-order valence-corrected chi connectivity index (χ0v) is 6.09. The topological polar surface area (TPSA) is 57.5 Å². The van der Waals surface area contributed by atoms with Crippen LogP contribution >= 0.6 is 0 Å². The molecule has 0 spiro atoms. The average molecular weight is 134 g/mol. The Morgan fingerprint density at radius 3 is 1.78 bits per heavy atom. The Hall–Kier alpha value is -0.570. The van der Waals surface area contributed by atoms with Gasteiger partial charge in [0.25, 0.3) is 0 Å². The molecule has 0 atom stereocenters. The van der Waals surface area contributed by atoms with Gasteiger partial charge in [0.1, 0.15) is 0 Å². The largest absolute Gasteiger partial charge is 0.481 e. The van der Waals surface area contributed by atoms with Crippen LogP contribution in [0, 0.1) is 5.92 Å². The van der Waals surface area contributed by atoms with E-state index in [0.29, 0.717) is 0 Å². The van der Waals surface area contributed by atoms with Gasteiger partial charge in [-0.2, -0.15) is 0 Å². The molecule has 0 unspecified atom stereocenters. The van der Waals surface area contributed by atoms with E-state index in [1.807, 2.05) is 13.8 Å². The maximum Gasteiger partial charge on any atom is 0.303 e. The number of aliphatic hydroxyl groups is 1. The maximum atomic E-state index is 9.81. The molecular weight excluding hydrogens is 120 g/mol. The van der Waals surface area contributed by atoms with Crippen molar-refractivity contribution in [3.05, 3.63) is 0 Å². The third-order valence-electron chi connectivity index (χ3n) is 0.583. The van der Waals surface area contributed by atoms with Crippen LogP contribution < -0.4 is 0 Å². The molecule has 3 heteroatoms. The molecule has 0 rings (SSSR count). The van der Waals surface area contributed by atoms with Crippen molar-refractivity contribution in [2.24, 2.45) is 5.92 Å². The molecule has 56 valence electrons. The average Bonchev–Trinajstić information content (AvgIpc) is 1.68. The fourth-order valence-corrected chi connectivity index (χ4v) is 0.349. The molecule has 0 aliphatic rings. The van der Waals surface area contributed by atoms with Crippen molar-refractivity contribution in [3.8, 4) is 0 Å². The van der Waals surface area contributed by atoms with Crippen molar-refractivity contribution < 1.29 is 15.0 Å². The summed E-state index contributed by atoms with van der Waals surface area (Å²) in [6.45, 7) is 3.77. The van der Waals surface area contributed by atoms with Gasteiger partial charge in [0.05, 0.1) is 0 Å². The lowest BCUT2D eigenvalue weighted by Gasteiger charge is -1.94. The highest BCUT2D eigenvalue weighted by molar-refractivity contribution is 5.66. The molecule has 0 amide bonds. The van der Waals surface area contributed by atoms with Crippen LogP contribution in [0.1, 0.15) is 20.3 Å². The molecule has 0 aromatic rings. The molecule has 0 saturated carbocycles. The Morgan fingerprint density at radius 2 is 1.78 bits per heavy atom. The highest BCUT2D eigenvalue weighted by Gasteiger charge is 1.98. The summed E-state index contributed by atoms with van der Waals surface area (Å²) in [4.78, 5) is 9.81. The lowest BCUT2D eigenvalue weighted by molar-refractivity contribution is -0.137. The molecule has 0 bridgehead atoms. The number of hydrogen-bond acceptors (Lipinski definition) is 2. The van der Waals surface area contributed by atoms with Gasteiger partial charge in [-0.15, -0.1) is 0 Å². The highest BCUT2D eigenvalue weighted by atomic mass is 16.4. The van der Waals surface area contributed by atoms with E-state index in [1.54, 1.807) is 0 Å². The van der Waals surface area contributed by atoms with Gasteiger partial charge in [0.15, 0.2) is 0 Å². The Balaban J connectivity index is 0. The first-order valence-corrected chi connectivity index (χ1v) is 2.79. The van der Waals surface area contributed by atoms with Crippen LogP contribution in [0.5, 0.6) is 0 Å². The standard InChI is InChI=1S/C5H10O2.CH4O/c1-4(2)3-5(6)7;1-2/h4H,3H2,1-2H3,(H,6,7);2H,1H3. The van der Waals surface area contributed by atoms with Crippen LogP contribution in [0.15, 0.2) is 0 Å². The van der Waals surface area contributed by atoms with Gasteiger partial charge >= 0.3 is 5.97 Å². The first-order chi connectivity index (χ1) is 4.13. The number of carboxylic acids is 1. The van der Waals surface area contributed by atoms with Crippen LogP contribution in [0.25, 0.3) is 0 Å². The van der Waals surface area contributed by atoms with Gasteiger partial charge in [0, 0.05) is 13.5 Å². The highest BCUT2D eigenvalue weighted by Crippen LogP contribution is 1.96. The molecule has 0 fully saturated rings. The minimum absolute atomic E-state index is 0.275. The number of aliphatic carboxylic acids is 1. The molecule has 0 radical (unpaired) electrons. The summed E-state index contributed by atoms with van der Waals surface area (Å²) in [5.41, 5.74) is 0. The number of rotatable bonds is 2. The second-order valence-electron chi connectivity index (χ2n) is 1.99. The summed E-state index contributed by atoms with van der Waals surface area (Å²) < 4.78 is 0.